The van der Waals surface area contributed by atoms with E-state index in [4.69, 9.17) is 5.73 Å². The molecule has 0 saturated carbocycles. The summed E-state index contributed by atoms with van der Waals surface area (Å²) in [5, 5.41) is 9.76. The van der Waals surface area contributed by atoms with Crippen LogP contribution in [0.15, 0.2) is 60.7 Å². The molecule has 0 spiro atoms. The van der Waals surface area contributed by atoms with Crippen LogP contribution in [0.2, 0.25) is 0 Å². The van der Waals surface area contributed by atoms with E-state index >= 15 is 0 Å². The molecule has 0 heterocycles. The highest BCUT2D eigenvalue weighted by molar-refractivity contribution is 5.77. The number of hydrogen-bond donors (Lipinski definition) is 2. The van der Waals surface area contributed by atoms with Gasteiger partial charge < -0.3 is 10.8 Å². The standard InChI is InChI=1S/C22H20FNO2/c1-14-9-18(12-19(23)10-14)15-5-7-21(16-3-2-4-20(25)13-16)17(11-15)6-8-22(24)26/h2-5,7,9-13,25H,6,8H2,1H3,(H2,24,26). The van der Waals surface area contributed by atoms with Crippen LogP contribution in [0, 0.1) is 12.7 Å². The van der Waals surface area contributed by atoms with E-state index in [0.29, 0.717) is 6.42 Å². The Balaban J connectivity index is 2.09. The van der Waals surface area contributed by atoms with Crippen molar-refractivity contribution in [2.24, 2.45) is 5.73 Å². The van der Waals surface area contributed by atoms with Gasteiger partial charge in [-0.25, -0.2) is 4.39 Å². The molecule has 3 rings (SSSR count). The Hall–Kier alpha value is -3.14. The number of aromatic hydroxyl groups is 1. The van der Waals surface area contributed by atoms with Crippen molar-refractivity contribution < 1.29 is 14.3 Å². The minimum atomic E-state index is -0.376. The predicted octanol–water partition coefficient (Wildman–Crippen LogP) is 4.59. The van der Waals surface area contributed by atoms with Gasteiger partial charge in [0.05, 0.1) is 0 Å². The smallest absolute Gasteiger partial charge is 0.217 e. The van der Waals surface area contributed by atoms with Gasteiger partial charge in [-0.1, -0.05) is 36.4 Å². The first-order valence-corrected chi connectivity index (χ1v) is 8.40. The van der Waals surface area contributed by atoms with Crippen LogP contribution in [0.1, 0.15) is 17.5 Å². The second-order valence-electron chi connectivity index (χ2n) is 6.41. The summed E-state index contributed by atoms with van der Waals surface area (Å²) in [6.45, 7) is 1.85. The molecule has 0 fully saturated rings. The summed E-state index contributed by atoms with van der Waals surface area (Å²) in [4.78, 5) is 11.3. The van der Waals surface area contributed by atoms with Crippen LogP contribution < -0.4 is 5.73 Å². The van der Waals surface area contributed by atoms with Gasteiger partial charge in [0.2, 0.25) is 5.91 Å². The first-order chi connectivity index (χ1) is 12.4. The Morgan fingerprint density at radius 2 is 1.81 bits per heavy atom. The SMILES string of the molecule is Cc1cc(F)cc(-c2ccc(-c3cccc(O)c3)c(CCC(N)=O)c2)c1. The lowest BCUT2D eigenvalue weighted by atomic mass is 9.92. The third kappa shape index (κ3) is 4.09. The van der Waals surface area contributed by atoms with E-state index in [9.17, 15) is 14.3 Å². The van der Waals surface area contributed by atoms with E-state index in [0.717, 1.165) is 33.4 Å². The molecule has 3 aromatic rings. The average molecular weight is 349 g/mol. The maximum atomic E-state index is 13.8. The number of nitrogens with two attached hydrogens (primary N) is 1. The summed E-state index contributed by atoms with van der Waals surface area (Å²) in [5.41, 5.74) is 10.5. The van der Waals surface area contributed by atoms with E-state index < -0.39 is 0 Å². The minimum absolute atomic E-state index is 0.174. The molecule has 132 valence electrons. The number of carbonyl (C=O) groups excluding carboxylic acids is 1. The van der Waals surface area contributed by atoms with Crippen LogP contribution in [0.4, 0.5) is 4.39 Å². The van der Waals surface area contributed by atoms with Gasteiger partial charge in [-0.15, -0.1) is 0 Å². The number of primary amides is 1. The molecule has 0 aliphatic rings. The molecule has 0 aromatic heterocycles. The lowest BCUT2D eigenvalue weighted by molar-refractivity contribution is -0.117. The largest absolute Gasteiger partial charge is 0.508 e. The quantitative estimate of drug-likeness (QED) is 0.707. The van der Waals surface area contributed by atoms with Crippen molar-refractivity contribution in [1.82, 2.24) is 0 Å². The van der Waals surface area contributed by atoms with Crippen LogP contribution in [-0.2, 0) is 11.2 Å². The van der Waals surface area contributed by atoms with Crippen molar-refractivity contribution in [3.8, 4) is 28.0 Å². The summed E-state index contributed by atoms with van der Waals surface area (Å²) >= 11 is 0. The van der Waals surface area contributed by atoms with Gasteiger partial charge in [0, 0.05) is 6.42 Å². The van der Waals surface area contributed by atoms with Crippen LogP contribution in [0.5, 0.6) is 5.75 Å². The third-order valence-electron chi connectivity index (χ3n) is 4.28. The molecule has 0 radical (unpaired) electrons. The fourth-order valence-electron chi connectivity index (χ4n) is 3.10. The highest BCUT2D eigenvalue weighted by Gasteiger charge is 2.10. The molecule has 0 bridgehead atoms. The molecule has 3 N–H and O–H groups in total. The molecular weight excluding hydrogens is 329 g/mol. The summed E-state index contributed by atoms with van der Waals surface area (Å²) in [7, 11) is 0. The number of phenolic OH excluding ortho intramolecular Hbond substituents is 1. The average Bonchev–Trinajstić information content (AvgIpc) is 2.59. The van der Waals surface area contributed by atoms with Crippen molar-refractivity contribution in [1.29, 1.82) is 0 Å². The molecule has 0 saturated heterocycles. The molecule has 3 aromatic carbocycles. The predicted molar refractivity (Wildman–Crippen MR) is 101 cm³/mol. The maximum absolute atomic E-state index is 13.8. The molecule has 0 atom stereocenters. The van der Waals surface area contributed by atoms with Crippen LogP contribution in [0.3, 0.4) is 0 Å². The van der Waals surface area contributed by atoms with Crippen molar-refractivity contribution in [2.45, 2.75) is 19.8 Å². The third-order valence-corrected chi connectivity index (χ3v) is 4.28. The zero-order valence-electron chi connectivity index (χ0n) is 14.5. The van der Waals surface area contributed by atoms with Gasteiger partial charge in [-0.05, 0) is 71.0 Å². The number of halogens is 1. The molecule has 0 aliphatic carbocycles. The first kappa shape index (κ1) is 17.7. The summed E-state index contributed by atoms with van der Waals surface area (Å²) in [6, 6.07) is 17.7. The topological polar surface area (TPSA) is 63.3 Å². The number of benzene rings is 3. The fourth-order valence-corrected chi connectivity index (χ4v) is 3.10. The number of hydrogen-bond acceptors (Lipinski definition) is 2. The van der Waals surface area contributed by atoms with Crippen molar-refractivity contribution in [3.05, 3.63) is 77.6 Å². The van der Waals surface area contributed by atoms with Crippen LogP contribution in [0.25, 0.3) is 22.3 Å². The lowest BCUT2D eigenvalue weighted by Gasteiger charge is -2.13. The fraction of sp³-hybridized carbons (Fsp3) is 0.136. The zero-order chi connectivity index (χ0) is 18.7. The van der Waals surface area contributed by atoms with E-state index in [1.807, 2.05) is 37.3 Å². The highest BCUT2D eigenvalue weighted by Crippen LogP contribution is 2.32. The van der Waals surface area contributed by atoms with Gasteiger partial charge in [0.1, 0.15) is 11.6 Å². The monoisotopic (exact) mass is 349 g/mol. The van der Waals surface area contributed by atoms with Gasteiger partial charge >= 0.3 is 0 Å². The highest BCUT2D eigenvalue weighted by atomic mass is 19.1. The Kier molecular flexibility index (Phi) is 5.03. The van der Waals surface area contributed by atoms with Gasteiger partial charge in [0.15, 0.2) is 0 Å². The zero-order valence-corrected chi connectivity index (χ0v) is 14.5. The van der Waals surface area contributed by atoms with Crippen LogP contribution >= 0.6 is 0 Å². The summed E-state index contributed by atoms with van der Waals surface area (Å²) < 4.78 is 13.8. The van der Waals surface area contributed by atoms with Crippen molar-refractivity contribution >= 4 is 5.91 Å². The molecule has 1 amide bonds. The van der Waals surface area contributed by atoms with Crippen LogP contribution in [-0.4, -0.2) is 11.0 Å². The van der Waals surface area contributed by atoms with Gasteiger partial charge in [0.25, 0.3) is 0 Å². The number of carbonyl (C=O) groups is 1. The molecular formula is C22H20FNO2. The molecule has 3 nitrogen and oxygen atoms in total. The molecule has 26 heavy (non-hydrogen) atoms. The Morgan fingerprint density at radius 1 is 1.00 bits per heavy atom. The number of rotatable bonds is 5. The van der Waals surface area contributed by atoms with Gasteiger partial charge in [-0.3, -0.25) is 4.79 Å². The minimum Gasteiger partial charge on any atom is -0.508 e. The summed E-state index contributed by atoms with van der Waals surface area (Å²) in [6.07, 6.45) is 0.694. The Labute approximate surface area is 151 Å². The molecule has 4 heteroatoms. The summed E-state index contributed by atoms with van der Waals surface area (Å²) in [5.74, 6) is -0.484. The maximum Gasteiger partial charge on any atom is 0.217 e. The van der Waals surface area contributed by atoms with E-state index in [-0.39, 0.29) is 23.9 Å². The van der Waals surface area contributed by atoms with E-state index in [1.165, 1.54) is 12.1 Å². The number of amides is 1. The van der Waals surface area contributed by atoms with Crippen molar-refractivity contribution in [3.63, 3.8) is 0 Å². The normalized spacial score (nSPS) is 10.7. The van der Waals surface area contributed by atoms with E-state index in [1.54, 1.807) is 18.2 Å². The molecule has 0 aliphatic heterocycles. The second kappa shape index (κ2) is 7.40. The van der Waals surface area contributed by atoms with E-state index in [2.05, 4.69) is 0 Å². The first-order valence-electron chi connectivity index (χ1n) is 8.40. The second-order valence-corrected chi connectivity index (χ2v) is 6.41. The molecule has 0 unspecified atom stereocenters. The Morgan fingerprint density at radius 3 is 2.50 bits per heavy atom. The van der Waals surface area contributed by atoms with Gasteiger partial charge in [-0.2, -0.15) is 0 Å². The van der Waals surface area contributed by atoms with Crippen molar-refractivity contribution in [2.75, 3.05) is 0 Å². The Bertz CT molecular complexity index is 946. The number of aryl methyl sites for hydroxylation is 2. The number of phenols is 1. The lowest BCUT2D eigenvalue weighted by Crippen LogP contribution is -2.11.